The lowest BCUT2D eigenvalue weighted by Gasteiger charge is -2.19. The van der Waals surface area contributed by atoms with Crippen LogP contribution in [0.4, 0.5) is 0 Å². The van der Waals surface area contributed by atoms with Crippen LogP contribution in [0.1, 0.15) is 26.2 Å². The minimum atomic E-state index is 0. The first-order chi connectivity index (χ1) is 7.90. The van der Waals surface area contributed by atoms with Gasteiger partial charge in [-0.05, 0) is 37.4 Å². The molecule has 0 saturated carbocycles. The molecular weight excluding hydrogens is 271 g/mol. The fraction of sp³-hybridized carbons (Fsp3) is 0.615. The highest BCUT2D eigenvalue weighted by Crippen LogP contribution is 2.21. The first-order valence-corrected chi connectivity index (χ1v) is 6.16. The largest absolute Gasteiger partial charge is 0.490 e. The summed E-state index contributed by atoms with van der Waals surface area (Å²) in [5.74, 6) is 1.65. The van der Waals surface area contributed by atoms with Crippen LogP contribution >= 0.6 is 24.8 Å². The van der Waals surface area contributed by atoms with Crippen molar-refractivity contribution in [2.24, 2.45) is 5.92 Å². The topological polar surface area (TPSA) is 34.1 Å². The summed E-state index contributed by atoms with van der Waals surface area (Å²) in [5, 5.41) is 3.52. The van der Waals surface area contributed by atoms with Crippen LogP contribution in [0.3, 0.4) is 0 Å². The summed E-state index contributed by atoms with van der Waals surface area (Å²) in [6.45, 7) is 4.14. The molecule has 18 heavy (non-hydrogen) atoms. The molecule has 104 valence electrons. The average Bonchev–Trinajstić information content (AvgIpc) is 2.76. The highest BCUT2D eigenvalue weighted by Gasteiger charge is 2.26. The quantitative estimate of drug-likeness (QED) is 0.906. The van der Waals surface area contributed by atoms with Gasteiger partial charge in [0.1, 0.15) is 12.4 Å². The van der Waals surface area contributed by atoms with Crippen LogP contribution in [0.5, 0.6) is 5.75 Å². The molecule has 2 heterocycles. The molecule has 0 radical (unpaired) electrons. The Bertz CT molecular complexity index is 311. The van der Waals surface area contributed by atoms with Gasteiger partial charge in [0.25, 0.3) is 0 Å². The van der Waals surface area contributed by atoms with Crippen LogP contribution in [0.2, 0.25) is 0 Å². The van der Waals surface area contributed by atoms with Gasteiger partial charge in [0.15, 0.2) is 0 Å². The van der Waals surface area contributed by atoms with Crippen LogP contribution in [0.25, 0.3) is 0 Å². The average molecular weight is 293 g/mol. The number of hydrogen-bond donors (Lipinski definition) is 1. The van der Waals surface area contributed by atoms with E-state index >= 15 is 0 Å². The van der Waals surface area contributed by atoms with Crippen molar-refractivity contribution in [1.29, 1.82) is 0 Å². The maximum atomic E-state index is 5.74. The van der Waals surface area contributed by atoms with E-state index in [1.165, 1.54) is 19.3 Å². The number of pyridine rings is 1. The monoisotopic (exact) mass is 292 g/mol. The number of nitrogens with one attached hydrogen (secondary N) is 1. The molecule has 1 aromatic heterocycles. The Balaban J connectivity index is 0.00000144. The molecule has 2 rings (SSSR count). The molecule has 1 fully saturated rings. The van der Waals surface area contributed by atoms with Gasteiger partial charge in [0.05, 0.1) is 6.20 Å². The summed E-state index contributed by atoms with van der Waals surface area (Å²) in [5.41, 5.74) is 0. The molecule has 0 aliphatic carbocycles. The Morgan fingerprint density at radius 1 is 1.44 bits per heavy atom. The zero-order chi connectivity index (χ0) is 11.2. The van der Waals surface area contributed by atoms with Crippen LogP contribution in [-0.2, 0) is 0 Å². The summed E-state index contributed by atoms with van der Waals surface area (Å²) in [6, 6.07) is 4.37. The Kier molecular flexibility index (Phi) is 9.16. The van der Waals surface area contributed by atoms with Gasteiger partial charge in [0.2, 0.25) is 0 Å². The molecule has 5 heteroatoms. The van der Waals surface area contributed by atoms with Crippen molar-refractivity contribution in [2.45, 2.75) is 32.2 Å². The molecule has 1 saturated heterocycles. The SMILES string of the molecule is CCC[C@@H]1CCN[C@@H]1COc1cccnc1.Cl.Cl. The molecule has 0 bridgehead atoms. The van der Waals surface area contributed by atoms with Crippen molar-refractivity contribution < 1.29 is 4.74 Å². The van der Waals surface area contributed by atoms with E-state index in [1.807, 2.05) is 12.1 Å². The van der Waals surface area contributed by atoms with E-state index in [1.54, 1.807) is 12.4 Å². The lowest BCUT2D eigenvalue weighted by Crippen LogP contribution is -2.33. The third kappa shape index (κ3) is 5.01. The molecule has 2 atom stereocenters. The van der Waals surface area contributed by atoms with Gasteiger partial charge in [-0.1, -0.05) is 13.3 Å². The zero-order valence-corrected chi connectivity index (χ0v) is 12.3. The molecule has 0 amide bonds. The third-order valence-electron chi connectivity index (χ3n) is 3.21. The van der Waals surface area contributed by atoms with E-state index in [2.05, 4.69) is 17.2 Å². The van der Waals surface area contributed by atoms with Crippen molar-refractivity contribution in [3.8, 4) is 5.75 Å². The predicted octanol–water partition coefficient (Wildman–Crippen LogP) is 3.08. The number of rotatable bonds is 5. The van der Waals surface area contributed by atoms with E-state index in [0.717, 1.165) is 24.8 Å². The van der Waals surface area contributed by atoms with E-state index in [4.69, 9.17) is 4.74 Å². The molecule has 1 aromatic rings. The summed E-state index contributed by atoms with van der Waals surface area (Å²) >= 11 is 0. The van der Waals surface area contributed by atoms with Crippen LogP contribution < -0.4 is 10.1 Å². The van der Waals surface area contributed by atoms with Crippen LogP contribution in [0, 0.1) is 5.92 Å². The van der Waals surface area contributed by atoms with Gasteiger partial charge in [-0.3, -0.25) is 4.98 Å². The maximum Gasteiger partial charge on any atom is 0.137 e. The minimum Gasteiger partial charge on any atom is -0.490 e. The van der Waals surface area contributed by atoms with Crippen LogP contribution in [0.15, 0.2) is 24.5 Å². The first kappa shape index (κ1) is 17.5. The molecule has 3 nitrogen and oxygen atoms in total. The van der Waals surface area contributed by atoms with Gasteiger partial charge >= 0.3 is 0 Å². The number of halogens is 2. The molecule has 1 aliphatic heterocycles. The molecule has 0 spiro atoms. The number of nitrogens with zero attached hydrogens (tertiary/aromatic N) is 1. The first-order valence-electron chi connectivity index (χ1n) is 6.16. The summed E-state index contributed by atoms with van der Waals surface area (Å²) < 4.78 is 5.74. The fourth-order valence-electron chi connectivity index (χ4n) is 2.35. The zero-order valence-electron chi connectivity index (χ0n) is 10.7. The number of ether oxygens (including phenoxy) is 1. The highest BCUT2D eigenvalue weighted by molar-refractivity contribution is 5.85. The lowest BCUT2D eigenvalue weighted by atomic mass is 9.96. The van der Waals surface area contributed by atoms with Crippen molar-refractivity contribution >= 4 is 24.8 Å². The Morgan fingerprint density at radius 3 is 2.94 bits per heavy atom. The Labute approximate surface area is 122 Å². The van der Waals surface area contributed by atoms with Crippen molar-refractivity contribution in [2.75, 3.05) is 13.2 Å². The molecule has 0 unspecified atom stereocenters. The Hall–Kier alpha value is -0.510. The summed E-state index contributed by atoms with van der Waals surface area (Å²) in [7, 11) is 0. The lowest BCUT2D eigenvalue weighted by molar-refractivity contribution is 0.241. The highest BCUT2D eigenvalue weighted by atomic mass is 35.5. The van der Waals surface area contributed by atoms with E-state index < -0.39 is 0 Å². The van der Waals surface area contributed by atoms with Gasteiger partial charge in [0, 0.05) is 12.2 Å². The minimum absolute atomic E-state index is 0. The number of aromatic nitrogens is 1. The Morgan fingerprint density at radius 2 is 2.28 bits per heavy atom. The smallest absolute Gasteiger partial charge is 0.137 e. The second-order valence-electron chi connectivity index (χ2n) is 4.40. The third-order valence-corrected chi connectivity index (χ3v) is 3.21. The van der Waals surface area contributed by atoms with Crippen LogP contribution in [-0.4, -0.2) is 24.2 Å². The van der Waals surface area contributed by atoms with E-state index in [0.29, 0.717) is 6.04 Å². The fourth-order valence-corrected chi connectivity index (χ4v) is 2.35. The van der Waals surface area contributed by atoms with Gasteiger partial charge < -0.3 is 10.1 Å². The number of hydrogen-bond acceptors (Lipinski definition) is 3. The molecule has 0 aromatic carbocycles. The molecule has 1 N–H and O–H groups in total. The van der Waals surface area contributed by atoms with Crippen molar-refractivity contribution in [1.82, 2.24) is 10.3 Å². The normalized spacial score (nSPS) is 21.8. The van der Waals surface area contributed by atoms with E-state index in [9.17, 15) is 0 Å². The molecule has 1 aliphatic rings. The predicted molar refractivity (Wildman–Crippen MR) is 79.0 cm³/mol. The second-order valence-corrected chi connectivity index (χ2v) is 4.40. The second kappa shape index (κ2) is 9.42. The van der Waals surface area contributed by atoms with E-state index in [-0.39, 0.29) is 24.8 Å². The molecular formula is C13H22Cl2N2O. The van der Waals surface area contributed by atoms with Crippen molar-refractivity contribution in [3.05, 3.63) is 24.5 Å². The summed E-state index contributed by atoms with van der Waals surface area (Å²) in [6.07, 6.45) is 7.38. The van der Waals surface area contributed by atoms with Gasteiger partial charge in [-0.25, -0.2) is 0 Å². The maximum absolute atomic E-state index is 5.74. The summed E-state index contributed by atoms with van der Waals surface area (Å²) in [4.78, 5) is 4.04. The van der Waals surface area contributed by atoms with Gasteiger partial charge in [-0.2, -0.15) is 0 Å². The van der Waals surface area contributed by atoms with Gasteiger partial charge in [-0.15, -0.1) is 24.8 Å². The standard InChI is InChI=1S/C13H20N2O.2ClH/c1-2-4-11-6-8-15-13(11)10-16-12-5-3-7-14-9-12;;/h3,5,7,9,11,13,15H,2,4,6,8,10H2,1H3;2*1H/t11-,13-;;/m1../s1. The van der Waals surface area contributed by atoms with Crippen molar-refractivity contribution in [3.63, 3.8) is 0 Å².